The number of fused-ring (bicyclic) bond motifs is 1. The molecule has 2 aromatic carbocycles. The van der Waals surface area contributed by atoms with Gasteiger partial charge in [-0.05, 0) is 24.6 Å². The summed E-state index contributed by atoms with van der Waals surface area (Å²) in [5.74, 6) is 6.88. The fourth-order valence-corrected chi connectivity index (χ4v) is 3.63. The van der Waals surface area contributed by atoms with E-state index in [0.29, 0.717) is 47.6 Å². The number of anilines is 2. The van der Waals surface area contributed by atoms with Crippen molar-refractivity contribution in [1.29, 1.82) is 0 Å². The number of aromatic nitrogens is 1. The molecule has 0 atom stereocenters. The molecule has 6 N–H and O–H groups in total. The number of pyridine rings is 1. The number of aromatic amines is 1. The van der Waals surface area contributed by atoms with Crippen molar-refractivity contribution in [1.82, 2.24) is 4.98 Å². The molecule has 2 heterocycles. The summed E-state index contributed by atoms with van der Waals surface area (Å²) in [6.07, 6.45) is 2.42. The number of hydrogen-bond donors (Lipinski definition) is 4. The van der Waals surface area contributed by atoms with E-state index < -0.39 is 0 Å². The molecule has 0 amide bonds. The number of nitrogens with two attached hydrogens (primary N) is 2. The maximum Gasteiger partial charge on any atom is 0.191 e. The highest BCUT2D eigenvalue weighted by molar-refractivity contribution is 5.91. The van der Waals surface area contributed by atoms with Gasteiger partial charge in [0.25, 0.3) is 0 Å². The standard InChI is InChI=1S/C22H25N5O3/c23-17(14-27(24)18-7-1-2-8-19(18)28)15-5-3-6-16-20(29)13-21(25-22(15)16)26-9-4-11-30-12-10-26/h1-3,5-8,13-14,28H,4,9-12,23-24H2,(H,25,29)/b17-14-. The summed E-state index contributed by atoms with van der Waals surface area (Å²) in [4.78, 5) is 18.3. The van der Waals surface area contributed by atoms with Crippen molar-refractivity contribution in [2.45, 2.75) is 6.42 Å². The Hall–Kier alpha value is -3.49. The number of nitrogens with zero attached hydrogens (tertiary/aromatic N) is 2. The molecule has 1 saturated heterocycles. The highest BCUT2D eigenvalue weighted by Crippen LogP contribution is 2.27. The summed E-state index contributed by atoms with van der Waals surface area (Å²) in [5.41, 5.74) is 8.35. The minimum Gasteiger partial charge on any atom is -0.506 e. The van der Waals surface area contributed by atoms with Crippen LogP contribution < -0.4 is 26.9 Å². The SMILES string of the molecule is N/C(=C\N(N)c1ccccc1O)c1cccc2c(=O)cc(N3CCCOCC3)[nH]c12. The van der Waals surface area contributed by atoms with Crippen molar-refractivity contribution in [3.63, 3.8) is 0 Å². The van der Waals surface area contributed by atoms with Crippen LogP contribution in [0.3, 0.4) is 0 Å². The van der Waals surface area contributed by atoms with Gasteiger partial charge in [0, 0.05) is 42.9 Å². The molecule has 0 bridgehead atoms. The highest BCUT2D eigenvalue weighted by Gasteiger charge is 2.15. The van der Waals surface area contributed by atoms with Gasteiger partial charge in [-0.25, -0.2) is 5.84 Å². The molecule has 3 aromatic rings. The number of rotatable bonds is 4. The third-order valence-electron chi connectivity index (χ3n) is 5.16. The average Bonchev–Trinajstić information content (AvgIpc) is 3.03. The smallest absolute Gasteiger partial charge is 0.191 e. The van der Waals surface area contributed by atoms with E-state index in [4.69, 9.17) is 16.3 Å². The van der Waals surface area contributed by atoms with Crippen molar-refractivity contribution in [3.8, 4) is 5.75 Å². The Labute approximate surface area is 173 Å². The zero-order valence-corrected chi connectivity index (χ0v) is 16.5. The lowest BCUT2D eigenvalue weighted by Gasteiger charge is -2.22. The molecule has 156 valence electrons. The molecule has 1 aliphatic heterocycles. The van der Waals surface area contributed by atoms with Crippen molar-refractivity contribution in [2.75, 3.05) is 36.2 Å². The van der Waals surface area contributed by atoms with E-state index in [1.54, 1.807) is 42.5 Å². The third-order valence-corrected chi connectivity index (χ3v) is 5.16. The van der Waals surface area contributed by atoms with Crippen molar-refractivity contribution >= 4 is 28.1 Å². The van der Waals surface area contributed by atoms with Crippen LogP contribution in [0.4, 0.5) is 11.5 Å². The van der Waals surface area contributed by atoms with Crippen LogP contribution in [0.25, 0.3) is 16.6 Å². The Morgan fingerprint density at radius 1 is 1.17 bits per heavy atom. The molecule has 0 saturated carbocycles. The predicted octanol–water partition coefficient (Wildman–Crippen LogP) is 2.10. The zero-order chi connectivity index (χ0) is 21.1. The van der Waals surface area contributed by atoms with Gasteiger partial charge in [-0.15, -0.1) is 0 Å². The second-order valence-electron chi connectivity index (χ2n) is 7.18. The second kappa shape index (κ2) is 8.48. The van der Waals surface area contributed by atoms with Crippen molar-refractivity contribution < 1.29 is 9.84 Å². The van der Waals surface area contributed by atoms with Gasteiger partial charge in [0.05, 0.1) is 23.5 Å². The van der Waals surface area contributed by atoms with Crippen LogP contribution >= 0.6 is 0 Å². The van der Waals surface area contributed by atoms with Gasteiger partial charge >= 0.3 is 0 Å². The molecule has 0 spiro atoms. The van der Waals surface area contributed by atoms with Gasteiger partial charge in [-0.3, -0.25) is 9.80 Å². The van der Waals surface area contributed by atoms with E-state index in [0.717, 1.165) is 18.8 Å². The summed E-state index contributed by atoms with van der Waals surface area (Å²) in [6, 6.07) is 13.7. The molecule has 0 aliphatic carbocycles. The quantitative estimate of drug-likeness (QED) is 0.386. The first-order valence-electron chi connectivity index (χ1n) is 9.83. The highest BCUT2D eigenvalue weighted by atomic mass is 16.5. The Bertz CT molecular complexity index is 1130. The number of phenols is 1. The molecule has 1 aliphatic rings. The molecule has 4 rings (SSSR count). The van der Waals surface area contributed by atoms with E-state index in [1.165, 1.54) is 11.2 Å². The number of benzene rings is 2. The van der Waals surface area contributed by atoms with Crippen LogP contribution in [0.2, 0.25) is 0 Å². The lowest BCUT2D eigenvalue weighted by Crippen LogP contribution is -2.28. The van der Waals surface area contributed by atoms with Crippen LogP contribution in [0.5, 0.6) is 5.75 Å². The Morgan fingerprint density at radius 2 is 2.00 bits per heavy atom. The summed E-state index contributed by atoms with van der Waals surface area (Å²) < 4.78 is 5.52. The molecule has 30 heavy (non-hydrogen) atoms. The van der Waals surface area contributed by atoms with Gasteiger partial charge in [0.2, 0.25) is 0 Å². The fraction of sp³-hybridized carbons (Fsp3) is 0.227. The summed E-state index contributed by atoms with van der Waals surface area (Å²) in [7, 11) is 0. The van der Waals surface area contributed by atoms with Crippen molar-refractivity contribution in [2.24, 2.45) is 11.6 Å². The van der Waals surface area contributed by atoms with Crippen molar-refractivity contribution in [3.05, 3.63) is 70.5 Å². The second-order valence-corrected chi connectivity index (χ2v) is 7.18. The zero-order valence-electron chi connectivity index (χ0n) is 16.5. The maximum atomic E-state index is 12.8. The Morgan fingerprint density at radius 3 is 2.83 bits per heavy atom. The first kappa shape index (κ1) is 19.8. The maximum absolute atomic E-state index is 12.8. The lowest BCUT2D eigenvalue weighted by molar-refractivity contribution is 0.152. The van der Waals surface area contributed by atoms with Crippen LogP contribution in [0.1, 0.15) is 12.0 Å². The molecular formula is C22H25N5O3. The minimum absolute atomic E-state index is 0.0426. The monoisotopic (exact) mass is 407 g/mol. The average molecular weight is 407 g/mol. The molecule has 8 heteroatoms. The van der Waals surface area contributed by atoms with E-state index in [2.05, 4.69) is 9.88 Å². The topological polar surface area (TPSA) is 121 Å². The molecule has 0 radical (unpaired) electrons. The summed E-state index contributed by atoms with van der Waals surface area (Å²) >= 11 is 0. The van der Waals surface area contributed by atoms with Crippen LogP contribution in [0, 0.1) is 0 Å². The Balaban J connectivity index is 1.76. The van der Waals surface area contributed by atoms with E-state index in [9.17, 15) is 9.90 Å². The lowest BCUT2D eigenvalue weighted by atomic mass is 10.1. The first-order valence-corrected chi connectivity index (χ1v) is 9.83. The number of ether oxygens (including phenoxy) is 1. The number of hydrogen-bond acceptors (Lipinski definition) is 7. The van der Waals surface area contributed by atoms with Crippen LogP contribution in [-0.4, -0.2) is 36.4 Å². The summed E-state index contributed by atoms with van der Waals surface area (Å²) in [5, 5.41) is 11.8. The number of aromatic hydroxyl groups is 1. The number of para-hydroxylation sites is 3. The van der Waals surface area contributed by atoms with Gasteiger partial charge in [-0.1, -0.05) is 24.3 Å². The van der Waals surface area contributed by atoms with E-state index >= 15 is 0 Å². The third kappa shape index (κ3) is 3.96. The van der Waals surface area contributed by atoms with Crippen LogP contribution in [-0.2, 0) is 4.74 Å². The van der Waals surface area contributed by atoms with Crippen LogP contribution in [0.15, 0.2) is 59.5 Å². The number of phenolic OH excluding ortho intramolecular Hbond substituents is 1. The van der Waals surface area contributed by atoms with E-state index in [1.807, 2.05) is 6.07 Å². The van der Waals surface area contributed by atoms with Gasteiger partial charge < -0.3 is 25.5 Å². The number of H-pyrrole nitrogens is 1. The molecule has 8 nitrogen and oxygen atoms in total. The fourth-order valence-electron chi connectivity index (χ4n) is 3.63. The molecule has 1 fully saturated rings. The summed E-state index contributed by atoms with van der Waals surface area (Å²) in [6.45, 7) is 2.85. The largest absolute Gasteiger partial charge is 0.506 e. The minimum atomic E-state index is -0.0797. The predicted molar refractivity (Wildman–Crippen MR) is 119 cm³/mol. The van der Waals surface area contributed by atoms with Gasteiger partial charge in [-0.2, -0.15) is 0 Å². The van der Waals surface area contributed by atoms with E-state index in [-0.39, 0.29) is 11.2 Å². The first-order chi connectivity index (χ1) is 14.5. The van der Waals surface area contributed by atoms with Gasteiger partial charge in [0.15, 0.2) is 5.43 Å². The molecule has 0 unspecified atom stereocenters. The molecular weight excluding hydrogens is 382 g/mol. The number of nitrogens with one attached hydrogen (secondary N) is 1. The van der Waals surface area contributed by atoms with Gasteiger partial charge in [0.1, 0.15) is 11.6 Å². The Kier molecular flexibility index (Phi) is 5.60. The molecule has 1 aromatic heterocycles. The number of hydrazine groups is 1. The normalized spacial score (nSPS) is 15.2.